The fraction of sp³-hybridized carbons (Fsp3) is 0. The molecular formula is C16H9N3O2. The van der Waals surface area contributed by atoms with Crippen molar-refractivity contribution in [1.29, 1.82) is 5.26 Å². The van der Waals surface area contributed by atoms with Gasteiger partial charge in [-0.25, -0.2) is 4.98 Å². The smallest absolute Gasteiger partial charge is 0.238 e. The van der Waals surface area contributed by atoms with Gasteiger partial charge in [-0.2, -0.15) is 5.26 Å². The standard InChI is InChI=1S/C16H9N3O2/c17-9-11(16(20)15-6-3-7-21-15)8-12-10-18-13-4-1-2-5-14(13)19-12/h1-8,10H/b11-8+. The van der Waals surface area contributed by atoms with Crippen molar-refractivity contribution in [3.8, 4) is 6.07 Å². The molecule has 2 aromatic heterocycles. The van der Waals surface area contributed by atoms with Crippen LogP contribution in [0.3, 0.4) is 0 Å². The molecule has 5 nitrogen and oxygen atoms in total. The molecule has 0 radical (unpaired) electrons. The number of nitrogens with zero attached hydrogens (tertiary/aromatic N) is 3. The molecule has 0 spiro atoms. The Bertz CT molecular complexity index is 874. The molecule has 0 amide bonds. The summed E-state index contributed by atoms with van der Waals surface area (Å²) in [6.07, 6.45) is 4.32. The molecule has 2 heterocycles. The third-order valence-corrected chi connectivity index (χ3v) is 2.87. The summed E-state index contributed by atoms with van der Waals surface area (Å²) >= 11 is 0. The molecule has 0 aliphatic heterocycles. The van der Waals surface area contributed by atoms with E-state index in [0.29, 0.717) is 11.2 Å². The number of ketones is 1. The Balaban J connectivity index is 2.01. The third-order valence-electron chi connectivity index (χ3n) is 2.87. The number of nitriles is 1. The van der Waals surface area contributed by atoms with Gasteiger partial charge in [0.05, 0.1) is 29.2 Å². The van der Waals surface area contributed by atoms with E-state index >= 15 is 0 Å². The highest BCUT2D eigenvalue weighted by atomic mass is 16.3. The van der Waals surface area contributed by atoms with Crippen LogP contribution in [0.2, 0.25) is 0 Å². The maximum atomic E-state index is 12.1. The summed E-state index contributed by atoms with van der Waals surface area (Å²) in [6, 6.07) is 12.4. The molecule has 0 saturated heterocycles. The zero-order valence-electron chi connectivity index (χ0n) is 10.9. The Labute approximate surface area is 120 Å². The largest absolute Gasteiger partial charge is 0.461 e. The lowest BCUT2D eigenvalue weighted by Gasteiger charge is -1.99. The van der Waals surface area contributed by atoms with Gasteiger partial charge in [-0.1, -0.05) is 12.1 Å². The molecule has 0 unspecified atom stereocenters. The van der Waals surface area contributed by atoms with E-state index in [-0.39, 0.29) is 11.3 Å². The molecular weight excluding hydrogens is 266 g/mol. The van der Waals surface area contributed by atoms with Gasteiger partial charge in [-0.05, 0) is 30.3 Å². The average Bonchev–Trinajstić information content (AvgIpc) is 3.06. The minimum Gasteiger partial charge on any atom is -0.461 e. The first kappa shape index (κ1) is 12.8. The van der Waals surface area contributed by atoms with Gasteiger partial charge in [0.15, 0.2) is 5.76 Å². The fourth-order valence-electron chi connectivity index (χ4n) is 1.88. The fourth-order valence-corrected chi connectivity index (χ4v) is 1.88. The summed E-state index contributed by atoms with van der Waals surface area (Å²) in [5, 5.41) is 9.14. The van der Waals surface area contributed by atoms with Crippen LogP contribution in [0, 0.1) is 11.3 Å². The molecule has 3 aromatic rings. The Kier molecular flexibility index (Phi) is 3.27. The number of para-hydroxylation sites is 2. The number of rotatable bonds is 3. The number of aromatic nitrogens is 2. The summed E-state index contributed by atoms with van der Waals surface area (Å²) in [4.78, 5) is 20.7. The zero-order chi connectivity index (χ0) is 14.7. The number of Topliss-reactive ketones (excluding diaryl/α,β-unsaturated/α-hetero) is 1. The van der Waals surface area contributed by atoms with Gasteiger partial charge in [0.2, 0.25) is 5.78 Å². The number of hydrogen-bond acceptors (Lipinski definition) is 5. The highest BCUT2D eigenvalue weighted by Crippen LogP contribution is 2.14. The molecule has 100 valence electrons. The normalized spacial score (nSPS) is 11.3. The van der Waals surface area contributed by atoms with E-state index in [0.717, 1.165) is 5.52 Å². The molecule has 0 atom stereocenters. The maximum absolute atomic E-state index is 12.1. The van der Waals surface area contributed by atoms with Crippen molar-refractivity contribution in [3.05, 3.63) is 65.9 Å². The van der Waals surface area contributed by atoms with Gasteiger partial charge in [0.25, 0.3) is 0 Å². The van der Waals surface area contributed by atoms with Crippen molar-refractivity contribution in [3.63, 3.8) is 0 Å². The molecule has 5 heteroatoms. The highest BCUT2D eigenvalue weighted by molar-refractivity contribution is 6.12. The van der Waals surface area contributed by atoms with Gasteiger partial charge in [-0.15, -0.1) is 0 Å². The van der Waals surface area contributed by atoms with Gasteiger partial charge >= 0.3 is 0 Å². The number of furan rings is 1. The van der Waals surface area contributed by atoms with Gasteiger partial charge in [0.1, 0.15) is 11.6 Å². The zero-order valence-corrected chi connectivity index (χ0v) is 10.9. The van der Waals surface area contributed by atoms with Gasteiger partial charge in [-0.3, -0.25) is 9.78 Å². The van der Waals surface area contributed by atoms with E-state index in [4.69, 9.17) is 9.68 Å². The maximum Gasteiger partial charge on any atom is 0.238 e. The van der Waals surface area contributed by atoms with E-state index < -0.39 is 5.78 Å². The van der Waals surface area contributed by atoms with Crippen LogP contribution in [-0.4, -0.2) is 15.8 Å². The SMILES string of the molecule is N#C/C(=C\c1cnc2ccccc2n1)C(=O)c1ccco1. The molecule has 21 heavy (non-hydrogen) atoms. The topological polar surface area (TPSA) is 79.8 Å². The van der Waals surface area contributed by atoms with Crippen LogP contribution >= 0.6 is 0 Å². The summed E-state index contributed by atoms with van der Waals surface area (Å²) in [5.41, 5.74) is 1.86. The summed E-state index contributed by atoms with van der Waals surface area (Å²) in [7, 11) is 0. The summed E-state index contributed by atoms with van der Waals surface area (Å²) in [5.74, 6) is -0.353. The lowest BCUT2D eigenvalue weighted by atomic mass is 10.1. The van der Waals surface area contributed by atoms with Crippen molar-refractivity contribution in [1.82, 2.24) is 9.97 Å². The Morgan fingerprint density at radius 1 is 1.19 bits per heavy atom. The van der Waals surface area contributed by atoms with Crippen LogP contribution in [0.5, 0.6) is 0 Å². The van der Waals surface area contributed by atoms with Crippen molar-refractivity contribution in [2.75, 3.05) is 0 Å². The number of benzene rings is 1. The lowest BCUT2D eigenvalue weighted by Crippen LogP contribution is -2.00. The second-order valence-corrected chi connectivity index (χ2v) is 4.26. The number of carbonyl (C=O) groups excluding carboxylic acids is 1. The van der Waals surface area contributed by atoms with Crippen molar-refractivity contribution < 1.29 is 9.21 Å². The van der Waals surface area contributed by atoms with E-state index in [2.05, 4.69) is 9.97 Å². The van der Waals surface area contributed by atoms with Crippen LogP contribution in [-0.2, 0) is 0 Å². The van der Waals surface area contributed by atoms with E-state index in [1.165, 1.54) is 24.6 Å². The van der Waals surface area contributed by atoms with Crippen molar-refractivity contribution >= 4 is 22.9 Å². The highest BCUT2D eigenvalue weighted by Gasteiger charge is 2.15. The number of carbonyl (C=O) groups is 1. The van der Waals surface area contributed by atoms with Gasteiger partial charge < -0.3 is 4.42 Å². The Hall–Kier alpha value is -3.26. The van der Waals surface area contributed by atoms with Crippen LogP contribution in [0.1, 0.15) is 16.2 Å². The minimum atomic E-state index is -0.475. The molecule has 0 N–H and O–H groups in total. The van der Waals surface area contributed by atoms with Crippen molar-refractivity contribution in [2.24, 2.45) is 0 Å². The molecule has 1 aromatic carbocycles. The molecule has 0 aliphatic carbocycles. The molecule has 0 fully saturated rings. The van der Waals surface area contributed by atoms with E-state index in [1.54, 1.807) is 6.07 Å². The van der Waals surface area contributed by atoms with Crippen LogP contribution in [0.15, 0.2) is 58.8 Å². The van der Waals surface area contributed by atoms with E-state index in [1.807, 2.05) is 30.3 Å². The number of hydrogen-bond donors (Lipinski definition) is 0. The lowest BCUT2D eigenvalue weighted by molar-refractivity contribution is 0.101. The Morgan fingerprint density at radius 2 is 2.00 bits per heavy atom. The first-order valence-electron chi connectivity index (χ1n) is 6.20. The van der Waals surface area contributed by atoms with Crippen LogP contribution < -0.4 is 0 Å². The summed E-state index contributed by atoms with van der Waals surface area (Å²) in [6.45, 7) is 0. The van der Waals surface area contributed by atoms with Crippen LogP contribution in [0.25, 0.3) is 17.1 Å². The molecule has 0 saturated carbocycles. The van der Waals surface area contributed by atoms with Crippen molar-refractivity contribution in [2.45, 2.75) is 0 Å². The molecule has 0 bridgehead atoms. The molecule has 0 aliphatic rings. The Morgan fingerprint density at radius 3 is 2.71 bits per heavy atom. The molecule has 3 rings (SSSR count). The van der Waals surface area contributed by atoms with E-state index in [9.17, 15) is 4.79 Å². The number of allylic oxidation sites excluding steroid dienone is 1. The average molecular weight is 275 g/mol. The quantitative estimate of drug-likeness (QED) is 0.417. The van der Waals surface area contributed by atoms with Gasteiger partial charge in [0, 0.05) is 0 Å². The predicted octanol–water partition coefficient (Wildman–Crippen LogP) is 3.01. The first-order valence-corrected chi connectivity index (χ1v) is 6.20. The summed E-state index contributed by atoms with van der Waals surface area (Å²) < 4.78 is 5.01. The number of fused-ring (bicyclic) bond motifs is 1. The second kappa shape index (κ2) is 5.39. The minimum absolute atomic E-state index is 0.0467. The van der Waals surface area contributed by atoms with Crippen LogP contribution in [0.4, 0.5) is 0 Å². The first-order chi connectivity index (χ1) is 10.3. The second-order valence-electron chi connectivity index (χ2n) is 4.26. The monoisotopic (exact) mass is 275 g/mol. The third kappa shape index (κ3) is 2.55. The predicted molar refractivity (Wildman–Crippen MR) is 76.2 cm³/mol.